The molecule has 0 aromatic carbocycles. The highest BCUT2D eigenvalue weighted by molar-refractivity contribution is 6.76. The van der Waals surface area contributed by atoms with E-state index in [-0.39, 0.29) is 18.1 Å². The lowest BCUT2D eigenvalue weighted by Gasteiger charge is -2.19. The van der Waals surface area contributed by atoms with Gasteiger partial charge in [0, 0.05) is 14.5 Å². The number of ether oxygens (including phenoxy) is 1. The zero-order valence-electron chi connectivity index (χ0n) is 7.96. The van der Waals surface area contributed by atoms with E-state index in [0.717, 1.165) is 6.04 Å². The topological polar surface area (TPSA) is 52.3 Å². The summed E-state index contributed by atoms with van der Waals surface area (Å²) in [6, 6.07) is 0.665. The predicted octanol–water partition coefficient (Wildman–Crippen LogP) is 0.967. The standard InChI is InChI=1S/C8H17NO2Si/c1-12(2,3)5-6-4-7(9)8(10)11-6/h6-7H,4-5,9H2,1-3H3. The molecule has 1 saturated heterocycles. The summed E-state index contributed by atoms with van der Waals surface area (Å²) >= 11 is 0. The summed E-state index contributed by atoms with van der Waals surface area (Å²) in [5.74, 6) is -0.224. The van der Waals surface area contributed by atoms with Crippen LogP contribution in [0.1, 0.15) is 6.42 Å². The van der Waals surface area contributed by atoms with Crippen LogP contribution in [-0.4, -0.2) is 26.2 Å². The molecule has 4 heteroatoms. The first kappa shape index (κ1) is 9.73. The van der Waals surface area contributed by atoms with Crippen LogP contribution in [0, 0.1) is 0 Å². The number of rotatable bonds is 2. The SMILES string of the molecule is C[Si](C)(C)CC1CC(N)C(=O)O1. The van der Waals surface area contributed by atoms with Gasteiger partial charge in [-0.2, -0.15) is 0 Å². The molecule has 1 aliphatic rings. The Kier molecular flexibility index (Phi) is 2.58. The molecule has 70 valence electrons. The van der Waals surface area contributed by atoms with Crippen molar-refractivity contribution in [3.8, 4) is 0 Å². The van der Waals surface area contributed by atoms with E-state index in [0.29, 0.717) is 6.42 Å². The summed E-state index contributed by atoms with van der Waals surface area (Å²) in [5, 5.41) is 0. The molecular weight excluding hydrogens is 170 g/mol. The largest absolute Gasteiger partial charge is 0.461 e. The fourth-order valence-electron chi connectivity index (χ4n) is 1.49. The minimum absolute atomic E-state index is 0.0965. The Balaban J connectivity index is 2.43. The molecule has 2 unspecified atom stereocenters. The van der Waals surface area contributed by atoms with Crippen molar-refractivity contribution in [3.63, 3.8) is 0 Å². The van der Waals surface area contributed by atoms with Crippen molar-refractivity contribution in [3.05, 3.63) is 0 Å². The molecule has 3 nitrogen and oxygen atoms in total. The number of cyclic esters (lactones) is 1. The van der Waals surface area contributed by atoms with Crippen LogP contribution in [0.2, 0.25) is 25.7 Å². The molecule has 0 spiro atoms. The Morgan fingerprint density at radius 3 is 2.50 bits per heavy atom. The van der Waals surface area contributed by atoms with Gasteiger partial charge in [0.15, 0.2) is 0 Å². The number of carbonyl (C=O) groups is 1. The van der Waals surface area contributed by atoms with Gasteiger partial charge >= 0.3 is 5.97 Å². The molecule has 1 heterocycles. The van der Waals surface area contributed by atoms with Crippen molar-refractivity contribution < 1.29 is 9.53 Å². The lowest BCUT2D eigenvalue weighted by molar-refractivity contribution is -0.141. The summed E-state index contributed by atoms with van der Waals surface area (Å²) in [5.41, 5.74) is 5.53. The minimum Gasteiger partial charge on any atom is -0.461 e. The van der Waals surface area contributed by atoms with Crippen molar-refractivity contribution in [2.45, 2.75) is 44.3 Å². The van der Waals surface area contributed by atoms with E-state index in [2.05, 4.69) is 19.6 Å². The van der Waals surface area contributed by atoms with E-state index in [1.54, 1.807) is 0 Å². The van der Waals surface area contributed by atoms with Crippen molar-refractivity contribution in [1.82, 2.24) is 0 Å². The minimum atomic E-state index is -1.11. The first-order valence-electron chi connectivity index (χ1n) is 4.34. The van der Waals surface area contributed by atoms with Crippen molar-refractivity contribution in [2.75, 3.05) is 0 Å². The van der Waals surface area contributed by atoms with E-state index in [1.165, 1.54) is 0 Å². The van der Waals surface area contributed by atoms with Crippen molar-refractivity contribution >= 4 is 14.0 Å². The normalized spacial score (nSPS) is 30.5. The van der Waals surface area contributed by atoms with Crippen LogP contribution in [0.5, 0.6) is 0 Å². The van der Waals surface area contributed by atoms with Crippen LogP contribution in [0.25, 0.3) is 0 Å². The third kappa shape index (κ3) is 2.60. The van der Waals surface area contributed by atoms with Gasteiger partial charge in [0.25, 0.3) is 0 Å². The molecule has 12 heavy (non-hydrogen) atoms. The molecule has 0 saturated carbocycles. The Hall–Kier alpha value is -0.353. The van der Waals surface area contributed by atoms with Crippen LogP contribution in [0.15, 0.2) is 0 Å². The maximum atomic E-state index is 10.9. The first-order valence-corrected chi connectivity index (χ1v) is 8.05. The third-order valence-electron chi connectivity index (χ3n) is 1.94. The second-order valence-electron chi connectivity index (χ2n) is 4.67. The fourth-order valence-corrected chi connectivity index (χ4v) is 3.10. The Bertz CT molecular complexity index is 188. The Labute approximate surface area is 74.3 Å². The Morgan fingerprint density at radius 2 is 2.17 bits per heavy atom. The molecule has 1 rings (SSSR count). The number of nitrogens with two attached hydrogens (primary N) is 1. The quantitative estimate of drug-likeness (QED) is 0.517. The average molecular weight is 187 g/mol. The molecule has 0 amide bonds. The number of hydrogen-bond acceptors (Lipinski definition) is 3. The molecule has 0 aromatic rings. The second-order valence-corrected chi connectivity index (χ2v) is 10.2. The van der Waals surface area contributed by atoms with E-state index in [9.17, 15) is 4.79 Å². The summed E-state index contributed by atoms with van der Waals surface area (Å²) < 4.78 is 5.12. The van der Waals surface area contributed by atoms with E-state index in [1.807, 2.05) is 0 Å². The van der Waals surface area contributed by atoms with Crippen LogP contribution in [-0.2, 0) is 9.53 Å². The second kappa shape index (κ2) is 3.18. The lowest BCUT2D eigenvalue weighted by Crippen LogP contribution is -2.27. The molecule has 0 bridgehead atoms. The molecule has 0 aliphatic carbocycles. The molecule has 2 N–H and O–H groups in total. The Morgan fingerprint density at radius 1 is 1.58 bits per heavy atom. The third-order valence-corrected chi connectivity index (χ3v) is 3.62. The van der Waals surface area contributed by atoms with Gasteiger partial charge in [-0.3, -0.25) is 4.79 Å². The van der Waals surface area contributed by atoms with E-state index < -0.39 is 8.07 Å². The van der Waals surface area contributed by atoms with Gasteiger partial charge in [-0.1, -0.05) is 19.6 Å². The molecule has 2 atom stereocenters. The first-order chi connectivity index (χ1) is 5.38. The van der Waals surface area contributed by atoms with Gasteiger partial charge < -0.3 is 10.5 Å². The van der Waals surface area contributed by atoms with Gasteiger partial charge in [0.05, 0.1) is 0 Å². The molecule has 0 radical (unpaired) electrons. The lowest BCUT2D eigenvalue weighted by atomic mass is 10.2. The van der Waals surface area contributed by atoms with Gasteiger partial charge in [-0.05, 0) is 6.04 Å². The number of esters is 1. The van der Waals surface area contributed by atoms with Crippen molar-refractivity contribution in [2.24, 2.45) is 5.73 Å². The summed E-state index contributed by atoms with van der Waals surface area (Å²) in [4.78, 5) is 10.9. The van der Waals surface area contributed by atoms with Gasteiger partial charge in [-0.15, -0.1) is 0 Å². The summed E-state index contributed by atoms with van der Waals surface area (Å²) in [7, 11) is -1.11. The summed E-state index contributed by atoms with van der Waals surface area (Å²) in [6.07, 6.45) is 0.808. The maximum absolute atomic E-state index is 10.9. The zero-order valence-corrected chi connectivity index (χ0v) is 8.96. The van der Waals surface area contributed by atoms with Crippen molar-refractivity contribution in [1.29, 1.82) is 0 Å². The van der Waals surface area contributed by atoms with Gasteiger partial charge in [0.1, 0.15) is 12.1 Å². The molecule has 1 aliphatic heterocycles. The average Bonchev–Trinajstić information content (AvgIpc) is 2.07. The van der Waals surface area contributed by atoms with Gasteiger partial charge in [-0.25, -0.2) is 0 Å². The fraction of sp³-hybridized carbons (Fsp3) is 0.875. The number of hydrogen-bond donors (Lipinski definition) is 1. The van der Waals surface area contributed by atoms with E-state index >= 15 is 0 Å². The molecule has 0 aromatic heterocycles. The number of carbonyl (C=O) groups excluding carboxylic acids is 1. The monoisotopic (exact) mass is 187 g/mol. The van der Waals surface area contributed by atoms with Crippen LogP contribution in [0.3, 0.4) is 0 Å². The van der Waals surface area contributed by atoms with Crippen LogP contribution < -0.4 is 5.73 Å². The molecular formula is C8H17NO2Si. The highest BCUT2D eigenvalue weighted by Crippen LogP contribution is 2.22. The van der Waals surface area contributed by atoms with E-state index in [4.69, 9.17) is 10.5 Å². The van der Waals surface area contributed by atoms with Crippen LogP contribution in [0.4, 0.5) is 0 Å². The highest BCUT2D eigenvalue weighted by Gasteiger charge is 2.34. The maximum Gasteiger partial charge on any atom is 0.323 e. The van der Waals surface area contributed by atoms with Crippen LogP contribution >= 0.6 is 0 Å². The smallest absolute Gasteiger partial charge is 0.323 e. The molecule has 1 fully saturated rings. The summed E-state index contributed by atoms with van der Waals surface area (Å²) in [6.45, 7) is 6.81. The predicted molar refractivity (Wildman–Crippen MR) is 50.6 cm³/mol. The highest BCUT2D eigenvalue weighted by atomic mass is 28.3. The van der Waals surface area contributed by atoms with Gasteiger partial charge in [0.2, 0.25) is 0 Å². The zero-order chi connectivity index (χ0) is 9.35.